The van der Waals surface area contributed by atoms with Crippen molar-refractivity contribution in [3.8, 4) is 0 Å². The molecule has 0 aliphatic carbocycles. The Bertz CT molecular complexity index is 427. The maximum absolute atomic E-state index is 12.7. The Kier molecular flexibility index (Phi) is 4.91. The summed E-state index contributed by atoms with van der Waals surface area (Å²) >= 11 is 0. The number of piperidine rings is 1. The number of carbonyl (C=O) groups excluding carboxylic acids is 1. The first-order valence-electron chi connectivity index (χ1n) is 7.15. The summed E-state index contributed by atoms with van der Waals surface area (Å²) < 4.78 is 0. The molecule has 2 rings (SSSR count). The van der Waals surface area contributed by atoms with Crippen molar-refractivity contribution < 1.29 is 4.79 Å². The molecule has 1 aliphatic heterocycles. The molecule has 0 atom stereocenters. The first-order valence-corrected chi connectivity index (χ1v) is 7.15. The van der Waals surface area contributed by atoms with E-state index in [9.17, 15) is 4.79 Å². The van der Waals surface area contributed by atoms with Gasteiger partial charge < -0.3 is 10.2 Å². The van der Waals surface area contributed by atoms with Gasteiger partial charge in [-0.25, -0.2) is 0 Å². The van der Waals surface area contributed by atoms with Gasteiger partial charge in [0.2, 0.25) is 0 Å². The zero-order valence-corrected chi connectivity index (χ0v) is 11.9. The van der Waals surface area contributed by atoms with Crippen LogP contribution in [0.1, 0.15) is 42.1 Å². The topological polar surface area (TPSA) is 45.2 Å². The van der Waals surface area contributed by atoms with Crippen molar-refractivity contribution >= 4 is 5.91 Å². The third kappa shape index (κ3) is 3.53. The van der Waals surface area contributed by atoms with Crippen LogP contribution in [0.25, 0.3) is 0 Å². The fraction of sp³-hybridized carbons (Fsp3) is 0.600. The largest absolute Gasteiger partial charge is 0.336 e. The van der Waals surface area contributed by atoms with Crippen LogP contribution >= 0.6 is 0 Å². The van der Waals surface area contributed by atoms with Gasteiger partial charge in [-0.05, 0) is 50.9 Å². The summed E-state index contributed by atoms with van der Waals surface area (Å²) in [6.07, 6.45) is 6.55. The highest BCUT2D eigenvalue weighted by Crippen LogP contribution is 2.16. The van der Waals surface area contributed by atoms with E-state index < -0.39 is 0 Å². The van der Waals surface area contributed by atoms with Crippen molar-refractivity contribution in [2.75, 3.05) is 19.6 Å². The predicted octanol–water partition coefficient (Wildman–Crippen LogP) is 1.99. The summed E-state index contributed by atoms with van der Waals surface area (Å²) in [5, 5.41) is 3.35. The molecule has 0 radical (unpaired) electrons. The standard InChI is InChI=1S/C15H23N3O/c1-3-8-18(14-4-6-16-7-5-14)15(19)13-9-12(2)10-17-11-13/h9-11,14,16H,3-8H2,1-2H3. The van der Waals surface area contributed by atoms with Gasteiger partial charge in [0.25, 0.3) is 5.91 Å². The second-order valence-corrected chi connectivity index (χ2v) is 5.23. The van der Waals surface area contributed by atoms with Crippen molar-refractivity contribution in [2.24, 2.45) is 0 Å². The molecule has 19 heavy (non-hydrogen) atoms. The van der Waals surface area contributed by atoms with E-state index in [1.807, 2.05) is 17.9 Å². The molecule has 0 bridgehead atoms. The zero-order valence-electron chi connectivity index (χ0n) is 11.9. The summed E-state index contributed by atoms with van der Waals surface area (Å²) in [7, 11) is 0. The summed E-state index contributed by atoms with van der Waals surface area (Å²) in [5.41, 5.74) is 1.75. The first kappa shape index (κ1) is 14.0. The maximum Gasteiger partial charge on any atom is 0.255 e. The third-order valence-corrected chi connectivity index (χ3v) is 3.60. The van der Waals surface area contributed by atoms with E-state index in [1.54, 1.807) is 12.4 Å². The van der Waals surface area contributed by atoms with Crippen LogP contribution in [0.5, 0.6) is 0 Å². The highest BCUT2D eigenvalue weighted by atomic mass is 16.2. The first-order chi connectivity index (χ1) is 9.22. The minimum Gasteiger partial charge on any atom is -0.336 e. The molecule has 2 heterocycles. The van der Waals surface area contributed by atoms with Gasteiger partial charge in [-0.1, -0.05) is 6.92 Å². The van der Waals surface area contributed by atoms with Gasteiger partial charge in [0.15, 0.2) is 0 Å². The van der Waals surface area contributed by atoms with Crippen LogP contribution in [0.2, 0.25) is 0 Å². The molecular formula is C15H23N3O. The Morgan fingerprint density at radius 2 is 2.16 bits per heavy atom. The Labute approximate surface area is 115 Å². The van der Waals surface area contributed by atoms with Gasteiger partial charge in [-0.15, -0.1) is 0 Å². The van der Waals surface area contributed by atoms with Gasteiger partial charge in [-0.3, -0.25) is 9.78 Å². The predicted molar refractivity (Wildman–Crippen MR) is 76.2 cm³/mol. The lowest BCUT2D eigenvalue weighted by atomic mass is 10.0. The van der Waals surface area contributed by atoms with Gasteiger partial charge in [0.05, 0.1) is 5.56 Å². The van der Waals surface area contributed by atoms with E-state index in [1.165, 1.54) is 0 Å². The lowest BCUT2D eigenvalue weighted by Crippen LogP contribution is -2.46. The fourth-order valence-corrected chi connectivity index (χ4v) is 2.65. The number of hydrogen-bond donors (Lipinski definition) is 1. The minimum absolute atomic E-state index is 0.130. The van der Waals surface area contributed by atoms with Crippen LogP contribution in [-0.4, -0.2) is 41.5 Å². The van der Waals surface area contributed by atoms with E-state index in [4.69, 9.17) is 0 Å². The van der Waals surface area contributed by atoms with Gasteiger partial charge in [0, 0.05) is 25.0 Å². The van der Waals surface area contributed by atoms with E-state index in [-0.39, 0.29) is 5.91 Å². The fourth-order valence-electron chi connectivity index (χ4n) is 2.65. The van der Waals surface area contributed by atoms with Gasteiger partial charge >= 0.3 is 0 Å². The second-order valence-electron chi connectivity index (χ2n) is 5.23. The van der Waals surface area contributed by atoms with Crippen LogP contribution in [0.15, 0.2) is 18.5 Å². The molecule has 1 saturated heterocycles. The van der Waals surface area contributed by atoms with Crippen molar-refractivity contribution in [1.29, 1.82) is 0 Å². The molecule has 1 aromatic heterocycles. The highest BCUT2D eigenvalue weighted by molar-refractivity contribution is 5.94. The molecule has 0 aromatic carbocycles. The molecule has 1 fully saturated rings. The Balaban J connectivity index is 2.15. The number of hydrogen-bond acceptors (Lipinski definition) is 3. The average Bonchev–Trinajstić information content (AvgIpc) is 2.45. The Hall–Kier alpha value is -1.42. The number of aromatic nitrogens is 1. The number of amides is 1. The number of pyridine rings is 1. The Morgan fingerprint density at radius 3 is 2.79 bits per heavy atom. The van der Waals surface area contributed by atoms with E-state index in [0.717, 1.165) is 44.5 Å². The van der Waals surface area contributed by atoms with Crippen molar-refractivity contribution in [3.63, 3.8) is 0 Å². The molecule has 1 N–H and O–H groups in total. The average molecular weight is 261 g/mol. The van der Waals surface area contributed by atoms with Crippen LogP contribution in [-0.2, 0) is 0 Å². The second kappa shape index (κ2) is 6.66. The summed E-state index contributed by atoms with van der Waals surface area (Å²) in [6, 6.07) is 2.30. The smallest absolute Gasteiger partial charge is 0.255 e. The van der Waals surface area contributed by atoms with Gasteiger partial charge in [-0.2, -0.15) is 0 Å². The lowest BCUT2D eigenvalue weighted by Gasteiger charge is -2.34. The monoisotopic (exact) mass is 261 g/mol. The van der Waals surface area contributed by atoms with Crippen LogP contribution in [0.4, 0.5) is 0 Å². The molecule has 1 aromatic rings. The Morgan fingerprint density at radius 1 is 1.42 bits per heavy atom. The summed E-state index contributed by atoms with van der Waals surface area (Å²) in [6.45, 7) is 6.93. The molecule has 4 nitrogen and oxygen atoms in total. The maximum atomic E-state index is 12.7. The molecule has 4 heteroatoms. The van der Waals surface area contributed by atoms with Crippen LogP contribution in [0.3, 0.4) is 0 Å². The van der Waals surface area contributed by atoms with Crippen molar-refractivity contribution in [1.82, 2.24) is 15.2 Å². The normalized spacial score (nSPS) is 16.3. The minimum atomic E-state index is 0.130. The van der Waals surface area contributed by atoms with Crippen LogP contribution in [0, 0.1) is 6.92 Å². The van der Waals surface area contributed by atoms with Crippen LogP contribution < -0.4 is 5.32 Å². The molecule has 0 saturated carbocycles. The SMILES string of the molecule is CCCN(C(=O)c1cncc(C)c1)C1CCNCC1. The highest BCUT2D eigenvalue weighted by Gasteiger charge is 2.25. The summed E-state index contributed by atoms with van der Waals surface area (Å²) in [5.74, 6) is 0.130. The number of carbonyl (C=O) groups is 1. The van der Waals surface area contributed by atoms with E-state index in [0.29, 0.717) is 11.6 Å². The van der Waals surface area contributed by atoms with E-state index >= 15 is 0 Å². The number of aryl methyl sites for hydroxylation is 1. The van der Waals surface area contributed by atoms with E-state index in [2.05, 4.69) is 17.2 Å². The quantitative estimate of drug-likeness (QED) is 0.901. The lowest BCUT2D eigenvalue weighted by molar-refractivity contribution is 0.0642. The van der Waals surface area contributed by atoms with Crippen molar-refractivity contribution in [2.45, 2.75) is 39.2 Å². The zero-order chi connectivity index (χ0) is 13.7. The number of nitrogens with one attached hydrogen (secondary N) is 1. The number of rotatable bonds is 4. The molecule has 0 unspecified atom stereocenters. The molecule has 1 aliphatic rings. The van der Waals surface area contributed by atoms with Crippen molar-refractivity contribution in [3.05, 3.63) is 29.6 Å². The molecule has 104 valence electrons. The molecule has 0 spiro atoms. The third-order valence-electron chi connectivity index (χ3n) is 3.60. The number of nitrogens with zero attached hydrogens (tertiary/aromatic N) is 2. The summed E-state index contributed by atoms with van der Waals surface area (Å²) in [4.78, 5) is 18.8. The van der Waals surface area contributed by atoms with Gasteiger partial charge in [0.1, 0.15) is 0 Å². The molecular weight excluding hydrogens is 238 g/mol. The molecule has 1 amide bonds.